The second-order valence-electron chi connectivity index (χ2n) is 5.53. The van der Waals surface area contributed by atoms with Crippen LogP contribution < -0.4 is 0 Å². The summed E-state index contributed by atoms with van der Waals surface area (Å²) < 4.78 is 6.95. The SMILES string of the molecule is CCCC(C(=O)OCC)c1nc(C2CCCC2)nn1C. The average Bonchev–Trinajstić information content (AvgIpc) is 3.05. The Labute approximate surface area is 120 Å². The molecule has 1 saturated carbocycles. The van der Waals surface area contributed by atoms with Gasteiger partial charge in [0.2, 0.25) is 0 Å². The molecule has 0 spiro atoms. The third kappa shape index (κ3) is 3.19. The van der Waals surface area contributed by atoms with Crippen molar-refractivity contribution in [1.82, 2.24) is 14.8 Å². The van der Waals surface area contributed by atoms with Crippen molar-refractivity contribution in [2.75, 3.05) is 6.61 Å². The van der Waals surface area contributed by atoms with Gasteiger partial charge in [0.15, 0.2) is 5.82 Å². The Hall–Kier alpha value is -1.39. The van der Waals surface area contributed by atoms with Gasteiger partial charge in [-0.3, -0.25) is 9.48 Å². The molecule has 5 heteroatoms. The fourth-order valence-electron chi connectivity index (χ4n) is 2.96. The van der Waals surface area contributed by atoms with Gasteiger partial charge < -0.3 is 4.74 Å². The molecule has 1 fully saturated rings. The molecule has 0 N–H and O–H groups in total. The van der Waals surface area contributed by atoms with Gasteiger partial charge in [-0.25, -0.2) is 4.98 Å². The van der Waals surface area contributed by atoms with E-state index >= 15 is 0 Å². The van der Waals surface area contributed by atoms with Crippen LogP contribution >= 0.6 is 0 Å². The third-order valence-electron chi connectivity index (χ3n) is 3.99. The lowest BCUT2D eigenvalue weighted by Gasteiger charge is -2.13. The predicted molar refractivity (Wildman–Crippen MR) is 76.5 cm³/mol. The first kappa shape index (κ1) is 15.0. The Bertz CT molecular complexity index is 450. The zero-order chi connectivity index (χ0) is 14.5. The van der Waals surface area contributed by atoms with Gasteiger partial charge >= 0.3 is 5.97 Å². The van der Waals surface area contributed by atoms with Gasteiger partial charge in [-0.15, -0.1) is 0 Å². The van der Waals surface area contributed by atoms with Crippen LogP contribution in [0.5, 0.6) is 0 Å². The van der Waals surface area contributed by atoms with E-state index in [0.717, 1.165) is 24.5 Å². The summed E-state index contributed by atoms with van der Waals surface area (Å²) in [5.74, 6) is 1.67. The molecule has 1 unspecified atom stereocenters. The molecule has 0 bridgehead atoms. The molecule has 20 heavy (non-hydrogen) atoms. The molecule has 2 rings (SSSR count). The fourth-order valence-corrected chi connectivity index (χ4v) is 2.96. The molecule has 1 atom stereocenters. The molecule has 1 aliphatic rings. The summed E-state index contributed by atoms with van der Waals surface area (Å²) in [5, 5.41) is 4.54. The van der Waals surface area contributed by atoms with E-state index in [-0.39, 0.29) is 11.9 Å². The lowest BCUT2D eigenvalue weighted by atomic mass is 10.0. The Morgan fingerprint density at radius 1 is 1.40 bits per heavy atom. The average molecular weight is 279 g/mol. The van der Waals surface area contributed by atoms with Gasteiger partial charge in [-0.1, -0.05) is 26.2 Å². The zero-order valence-electron chi connectivity index (χ0n) is 12.8. The van der Waals surface area contributed by atoms with Crippen molar-refractivity contribution in [2.45, 2.75) is 64.2 Å². The molecule has 1 heterocycles. The summed E-state index contributed by atoms with van der Waals surface area (Å²) in [6.45, 7) is 4.31. The van der Waals surface area contributed by atoms with Crippen molar-refractivity contribution in [1.29, 1.82) is 0 Å². The maximum absolute atomic E-state index is 12.1. The Balaban J connectivity index is 2.21. The van der Waals surface area contributed by atoms with Crippen molar-refractivity contribution in [3.05, 3.63) is 11.6 Å². The minimum absolute atomic E-state index is 0.178. The van der Waals surface area contributed by atoms with Crippen molar-refractivity contribution < 1.29 is 9.53 Å². The molecule has 0 saturated heterocycles. The van der Waals surface area contributed by atoms with Crippen LogP contribution in [0.15, 0.2) is 0 Å². The van der Waals surface area contributed by atoms with Gasteiger partial charge in [0, 0.05) is 13.0 Å². The van der Waals surface area contributed by atoms with Crippen LogP contribution in [0.25, 0.3) is 0 Å². The number of aryl methyl sites for hydroxylation is 1. The lowest BCUT2D eigenvalue weighted by Crippen LogP contribution is -2.19. The highest BCUT2D eigenvalue weighted by atomic mass is 16.5. The summed E-state index contributed by atoms with van der Waals surface area (Å²) >= 11 is 0. The quantitative estimate of drug-likeness (QED) is 0.751. The Morgan fingerprint density at radius 2 is 2.10 bits per heavy atom. The van der Waals surface area contributed by atoms with E-state index in [1.165, 1.54) is 25.7 Å². The number of carbonyl (C=O) groups excluding carboxylic acids is 1. The first-order valence-electron chi connectivity index (χ1n) is 7.74. The summed E-state index contributed by atoms with van der Waals surface area (Å²) in [7, 11) is 1.88. The summed E-state index contributed by atoms with van der Waals surface area (Å²) in [6.07, 6.45) is 6.54. The monoisotopic (exact) mass is 279 g/mol. The summed E-state index contributed by atoms with van der Waals surface area (Å²) in [6, 6.07) is 0. The van der Waals surface area contributed by atoms with E-state index < -0.39 is 0 Å². The van der Waals surface area contributed by atoms with Crippen LogP contribution in [-0.4, -0.2) is 27.3 Å². The van der Waals surface area contributed by atoms with Crippen molar-refractivity contribution >= 4 is 5.97 Å². The lowest BCUT2D eigenvalue weighted by molar-refractivity contribution is -0.145. The minimum Gasteiger partial charge on any atom is -0.465 e. The fraction of sp³-hybridized carbons (Fsp3) is 0.800. The largest absolute Gasteiger partial charge is 0.465 e. The van der Waals surface area contributed by atoms with Gasteiger partial charge in [0.05, 0.1) is 6.61 Å². The van der Waals surface area contributed by atoms with Crippen LogP contribution in [0.1, 0.15) is 75.9 Å². The van der Waals surface area contributed by atoms with Gasteiger partial charge in [0.1, 0.15) is 11.7 Å². The molecule has 5 nitrogen and oxygen atoms in total. The second-order valence-corrected chi connectivity index (χ2v) is 5.53. The van der Waals surface area contributed by atoms with Crippen LogP contribution in [0.2, 0.25) is 0 Å². The predicted octanol–water partition coefficient (Wildman–Crippen LogP) is 2.92. The Kier molecular flexibility index (Phi) is 5.15. The number of hydrogen-bond donors (Lipinski definition) is 0. The first-order chi connectivity index (χ1) is 9.67. The number of carbonyl (C=O) groups is 1. The highest BCUT2D eigenvalue weighted by Crippen LogP contribution is 2.33. The van der Waals surface area contributed by atoms with Crippen LogP contribution in [0, 0.1) is 0 Å². The van der Waals surface area contributed by atoms with Crippen molar-refractivity contribution in [2.24, 2.45) is 7.05 Å². The number of rotatable bonds is 6. The summed E-state index contributed by atoms with van der Waals surface area (Å²) in [4.78, 5) is 16.8. The first-order valence-corrected chi connectivity index (χ1v) is 7.74. The minimum atomic E-state index is -0.285. The van der Waals surface area contributed by atoms with Crippen molar-refractivity contribution in [3.8, 4) is 0 Å². The van der Waals surface area contributed by atoms with E-state index in [2.05, 4.69) is 17.0 Å². The van der Waals surface area contributed by atoms with E-state index in [9.17, 15) is 4.79 Å². The van der Waals surface area contributed by atoms with E-state index in [1.807, 2.05) is 14.0 Å². The number of esters is 1. The standard InChI is InChI=1S/C15H25N3O2/c1-4-8-12(15(19)20-5-2)14-16-13(17-18(14)3)11-9-6-7-10-11/h11-12H,4-10H2,1-3H3. The van der Waals surface area contributed by atoms with Crippen LogP contribution in [-0.2, 0) is 16.6 Å². The molecule has 1 aromatic heterocycles. The van der Waals surface area contributed by atoms with E-state index in [4.69, 9.17) is 4.74 Å². The maximum atomic E-state index is 12.1. The smallest absolute Gasteiger partial charge is 0.316 e. The normalized spacial score (nSPS) is 17.4. The number of nitrogens with zero attached hydrogens (tertiary/aromatic N) is 3. The maximum Gasteiger partial charge on any atom is 0.316 e. The molecule has 0 aromatic carbocycles. The second kappa shape index (κ2) is 6.86. The number of ether oxygens (including phenoxy) is 1. The third-order valence-corrected chi connectivity index (χ3v) is 3.99. The molecule has 1 aliphatic carbocycles. The van der Waals surface area contributed by atoms with Crippen LogP contribution in [0.4, 0.5) is 0 Å². The highest BCUT2D eigenvalue weighted by Gasteiger charge is 2.29. The molecular weight excluding hydrogens is 254 g/mol. The molecule has 1 aromatic rings. The molecule has 112 valence electrons. The molecule has 0 amide bonds. The molecule has 0 aliphatic heterocycles. The summed E-state index contributed by atoms with van der Waals surface area (Å²) in [5.41, 5.74) is 0. The Morgan fingerprint density at radius 3 is 2.70 bits per heavy atom. The van der Waals surface area contributed by atoms with Gasteiger partial charge in [-0.05, 0) is 26.2 Å². The topological polar surface area (TPSA) is 57.0 Å². The molecule has 0 radical (unpaired) electrons. The van der Waals surface area contributed by atoms with Crippen LogP contribution in [0.3, 0.4) is 0 Å². The number of hydrogen-bond acceptors (Lipinski definition) is 4. The van der Waals surface area contributed by atoms with Crippen molar-refractivity contribution in [3.63, 3.8) is 0 Å². The van der Waals surface area contributed by atoms with Gasteiger partial charge in [0.25, 0.3) is 0 Å². The zero-order valence-corrected chi connectivity index (χ0v) is 12.8. The molecular formula is C15H25N3O2. The van der Waals surface area contributed by atoms with E-state index in [1.54, 1.807) is 4.68 Å². The van der Waals surface area contributed by atoms with E-state index in [0.29, 0.717) is 12.5 Å². The number of aromatic nitrogens is 3. The highest BCUT2D eigenvalue weighted by molar-refractivity contribution is 5.77. The van der Waals surface area contributed by atoms with Gasteiger partial charge in [-0.2, -0.15) is 5.10 Å².